The van der Waals surface area contributed by atoms with Crippen LogP contribution in [0.3, 0.4) is 0 Å². The molecule has 0 bridgehead atoms. The van der Waals surface area contributed by atoms with Crippen LogP contribution in [0.5, 0.6) is 0 Å². The molecule has 1 aromatic carbocycles. The molecule has 1 aliphatic heterocycles. The van der Waals surface area contributed by atoms with Crippen LogP contribution in [0.2, 0.25) is 0 Å². The Hall–Kier alpha value is -3.15. The molecule has 6 nitrogen and oxygen atoms in total. The Morgan fingerprint density at radius 2 is 1.81 bits per heavy atom. The summed E-state index contributed by atoms with van der Waals surface area (Å²) >= 11 is 0. The van der Waals surface area contributed by atoms with Crippen molar-refractivity contribution in [3.63, 3.8) is 0 Å². The summed E-state index contributed by atoms with van der Waals surface area (Å²) in [6, 6.07) is 5.51. The number of carbonyl (C=O) groups is 3. The van der Waals surface area contributed by atoms with Gasteiger partial charge in [-0.1, -0.05) is 18.2 Å². The number of rotatable bonds is 3. The van der Waals surface area contributed by atoms with Gasteiger partial charge in [0.25, 0.3) is 0 Å². The fourth-order valence-corrected chi connectivity index (χ4v) is 3.23. The molecular weight excluding hydrogens is 334 g/mol. The average Bonchev–Trinajstić information content (AvgIpc) is 2.89. The third-order valence-corrected chi connectivity index (χ3v) is 4.41. The number of benzene rings is 1. The molecule has 0 N–H and O–H groups in total. The molecule has 0 saturated carbocycles. The molecule has 0 spiro atoms. The van der Waals surface area contributed by atoms with Crippen LogP contribution in [0.4, 0.5) is 5.69 Å². The van der Waals surface area contributed by atoms with E-state index in [2.05, 4.69) is 0 Å². The maximum atomic E-state index is 12.6. The van der Waals surface area contributed by atoms with Gasteiger partial charge < -0.3 is 14.4 Å². The van der Waals surface area contributed by atoms with Gasteiger partial charge in [-0.2, -0.15) is 0 Å². The van der Waals surface area contributed by atoms with Gasteiger partial charge in [-0.3, -0.25) is 4.79 Å². The lowest BCUT2D eigenvalue weighted by Crippen LogP contribution is -2.29. The van der Waals surface area contributed by atoms with E-state index < -0.39 is 11.9 Å². The molecule has 0 radical (unpaired) electrons. The number of methoxy groups -OCH3 is 2. The van der Waals surface area contributed by atoms with Crippen LogP contribution in [-0.4, -0.2) is 31.9 Å². The fraction of sp³-hybridized carbons (Fsp3) is 0.250. The molecular formula is C20H19NO5. The van der Waals surface area contributed by atoms with E-state index in [0.717, 1.165) is 18.4 Å². The Labute approximate surface area is 151 Å². The number of esters is 2. The number of ketones is 1. The van der Waals surface area contributed by atoms with Crippen LogP contribution < -0.4 is 4.90 Å². The van der Waals surface area contributed by atoms with Crippen molar-refractivity contribution >= 4 is 23.4 Å². The summed E-state index contributed by atoms with van der Waals surface area (Å²) in [4.78, 5) is 38.8. The van der Waals surface area contributed by atoms with Crippen LogP contribution in [0.1, 0.15) is 28.8 Å². The second-order valence-corrected chi connectivity index (χ2v) is 5.90. The molecule has 134 valence electrons. The van der Waals surface area contributed by atoms with Gasteiger partial charge >= 0.3 is 11.9 Å². The SMILES string of the molecule is COC(=O)C1=C(C(=O)OC)N(c2cccc3c2C(=O)CCC3)C=CC=C1. The topological polar surface area (TPSA) is 72.9 Å². The minimum absolute atomic E-state index is 0.0103. The molecule has 6 heteroatoms. The lowest BCUT2D eigenvalue weighted by atomic mass is 9.89. The zero-order valence-electron chi connectivity index (χ0n) is 14.7. The minimum Gasteiger partial charge on any atom is -0.465 e. The van der Waals surface area contributed by atoms with E-state index in [1.54, 1.807) is 24.4 Å². The number of Topliss-reactive ketones (excluding diaryl/α,β-unsaturated/α-hetero) is 1. The standard InChI is InChI=1S/C20H19NO5/c1-25-19(23)14-9-3-4-12-21(18(14)20(24)26-2)15-10-5-7-13-8-6-11-16(22)17(13)15/h3-5,7,9-10,12H,6,8,11H2,1-2H3. The number of aryl methyl sites for hydroxylation is 1. The summed E-state index contributed by atoms with van der Waals surface area (Å²) in [6.07, 6.45) is 8.51. The number of ether oxygens (including phenoxy) is 2. The van der Waals surface area contributed by atoms with Crippen molar-refractivity contribution in [2.75, 3.05) is 19.1 Å². The smallest absolute Gasteiger partial charge is 0.355 e. The maximum Gasteiger partial charge on any atom is 0.355 e. The first kappa shape index (κ1) is 17.7. The number of fused-ring (bicyclic) bond motifs is 1. The van der Waals surface area contributed by atoms with Gasteiger partial charge in [0.2, 0.25) is 0 Å². The summed E-state index contributed by atoms with van der Waals surface area (Å²) in [5.41, 5.74) is 2.14. The predicted molar refractivity (Wildman–Crippen MR) is 95.5 cm³/mol. The second-order valence-electron chi connectivity index (χ2n) is 5.90. The first-order valence-corrected chi connectivity index (χ1v) is 8.28. The van der Waals surface area contributed by atoms with Gasteiger partial charge in [0.15, 0.2) is 5.78 Å². The highest BCUT2D eigenvalue weighted by molar-refractivity contribution is 6.09. The van der Waals surface area contributed by atoms with Gasteiger partial charge in [-0.15, -0.1) is 0 Å². The molecule has 0 saturated heterocycles. The number of carbonyl (C=O) groups excluding carboxylic acids is 3. The lowest BCUT2D eigenvalue weighted by Gasteiger charge is -2.27. The first-order chi connectivity index (χ1) is 12.6. The van der Waals surface area contributed by atoms with E-state index in [1.807, 2.05) is 12.1 Å². The van der Waals surface area contributed by atoms with Crippen molar-refractivity contribution in [3.8, 4) is 0 Å². The van der Waals surface area contributed by atoms with Crippen molar-refractivity contribution in [3.05, 3.63) is 65.0 Å². The van der Waals surface area contributed by atoms with Gasteiger partial charge in [0, 0.05) is 18.2 Å². The van der Waals surface area contributed by atoms with Crippen molar-refractivity contribution in [2.24, 2.45) is 0 Å². The minimum atomic E-state index is -0.692. The molecule has 0 amide bonds. The number of hydrogen-bond donors (Lipinski definition) is 0. The Balaban J connectivity index is 2.24. The normalized spacial score (nSPS) is 16.2. The van der Waals surface area contributed by atoms with Crippen molar-refractivity contribution < 1.29 is 23.9 Å². The van der Waals surface area contributed by atoms with E-state index >= 15 is 0 Å². The summed E-state index contributed by atoms with van der Waals surface area (Å²) in [7, 11) is 2.49. The largest absolute Gasteiger partial charge is 0.465 e. The Kier molecular flexibility index (Phi) is 5.02. The van der Waals surface area contributed by atoms with Crippen LogP contribution in [0.15, 0.2) is 53.9 Å². The second kappa shape index (κ2) is 7.39. The predicted octanol–water partition coefficient (Wildman–Crippen LogP) is 2.70. The Morgan fingerprint density at radius 1 is 1.04 bits per heavy atom. The maximum absolute atomic E-state index is 12.6. The highest BCUT2D eigenvalue weighted by Gasteiger charge is 2.31. The number of anilines is 1. The molecule has 26 heavy (non-hydrogen) atoms. The summed E-state index contributed by atoms with van der Waals surface area (Å²) < 4.78 is 9.70. The third kappa shape index (κ3) is 3.06. The van der Waals surface area contributed by atoms with Gasteiger partial charge in [-0.25, -0.2) is 9.59 Å². The molecule has 1 aliphatic carbocycles. The summed E-state index contributed by atoms with van der Waals surface area (Å²) in [5, 5.41) is 0. The zero-order chi connectivity index (χ0) is 18.7. The highest BCUT2D eigenvalue weighted by atomic mass is 16.5. The van der Waals surface area contributed by atoms with E-state index in [0.29, 0.717) is 17.7 Å². The zero-order valence-corrected chi connectivity index (χ0v) is 14.7. The van der Waals surface area contributed by atoms with Crippen molar-refractivity contribution in [2.45, 2.75) is 19.3 Å². The fourth-order valence-electron chi connectivity index (χ4n) is 3.23. The van der Waals surface area contributed by atoms with Crippen LogP contribution in [0.25, 0.3) is 0 Å². The third-order valence-electron chi connectivity index (χ3n) is 4.41. The Bertz CT molecular complexity index is 863. The quantitative estimate of drug-likeness (QED) is 0.778. The summed E-state index contributed by atoms with van der Waals surface area (Å²) in [5.74, 6) is -1.33. The van der Waals surface area contributed by atoms with Crippen LogP contribution in [0, 0.1) is 0 Å². The molecule has 0 unspecified atom stereocenters. The van der Waals surface area contributed by atoms with Crippen LogP contribution in [-0.2, 0) is 25.5 Å². The number of hydrogen-bond acceptors (Lipinski definition) is 6. The lowest BCUT2D eigenvalue weighted by molar-refractivity contribution is -0.139. The molecule has 1 aromatic rings. The van der Waals surface area contributed by atoms with E-state index in [9.17, 15) is 14.4 Å². The highest BCUT2D eigenvalue weighted by Crippen LogP contribution is 2.34. The van der Waals surface area contributed by atoms with Crippen LogP contribution >= 0.6 is 0 Å². The monoisotopic (exact) mass is 353 g/mol. The molecule has 2 aliphatic rings. The van der Waals surface area contributed by atoms with Crippen molar-refractivity contribution in [1.29, 1.82) is 0 Å². The van der Waals surface area contributed by atoms with Gasteiger partial charge in [0.1, 0.15) is 5.70 Å². The van der Waals surface area contributed by atoms with Crippen molar-refractivity contribution in [1.82, 2.24) is 0 Å². The van der Waals surface area contributed by atoms with E-state index in [1.165, 1.54) is 25.2 Å². The Morgan fingerprint density at radius 3 is 2.54 bits per heavy atom. The summed E-state index contributed by atoms with van der Waals surface area (Å²) in [6.45, 7) is 0. The van der Waals surface area contributed by atoms with E-state index in [-0.39, 0.29) is 17.1 Å². The molecule has 0 atom stereocenters. The first-order valence-electron chi connectivity index (χ1n) is 8.28. The van der Waals surface area contributed by atoms with E-state index in [4.69, 9.17) is 9.47 Å². The van der Waals surface area contributed by atoms with Gasteiger partial charge in [0.05, 0.1) is 25.5 Å². The molecule has 0 fully saturated rings. The average molecular weight is 353 g/mol. The number of allylic oxidation sites excluding steroid dienone is 2. The molecule has 0 aromatic heterocycles. The van der Waals surface area contributed by atoms with Gasteiger partial charge in [-0.05, 0) is 36.6 Å². The molecule has 1 heterocycles. The number of nitrogens with zero attached hydrogens (tertiary/aromatic N) is 1. The molecule has 3 rings (SSSR count).